The van der Waals surface area contributed by atoms with E-state index in [1.54, 1.807) is 0 Å². The van der Waals surface area contributed by atoms with Gasteiger partial charge in [-0.1, -0.05) is 12.1 Å². The molecule has 2 aromatic carbocycles. The van der Waals surface area contributed by atoms with Gasteiger partial charge in [0.2, 0.25) is 0 Å². The molecule has 1 saturated heterocycles. The molecule has 116 valence electrons. The molecule has 1 fully saturated rings. The van der Waals surface area contributed by atoms with Crippen LogP contribution in [0.5, 0.6) is 5.75 Å². The summed E-state index contributed by atoms with van der Waals surface area (Å²) in [6, 6.07) is 9.73. The van der Waals surface area contributed by atoms with Crippen molar-refractivity contribution in [2.45, 2.75) is 32.5 Å². The van der Waals surface area contributed by atoms with Gasteiger partial charge in [0.15, 0.2) is 6.29 Å². The number of carbonyl (C=O) groups excluding carboxylic acids is 1. The van der Waals surface area contributed by atoms with Gasteiger partial charge in [0.25, 0.3) is 0 Å². The van der Waals surface area contributed by atoms with Crippen molar-refractivity contribution in [1.82, 2.24) is 0 Å². The highest BCUT2D eigenvalue weighted by Gasteiger charge is 2.16. The minimum absolute atomic E-state index is 0.170. The van der Waals surface area contributed by atoms with E-state index < -0.39 is 0 Å². The lowest BCUT2D eigenvalue weighted by molar-refractivity contribution is -0.105. The lowest BCUT2D eigenvalue weighted by atomic mass is 10.0. The van der Waals surface area contributed by atoms with Gasteiger partial charge in [0.05, 0.1) is 19.3 Å². The quantitative estimate of drug-likeness (QED) is 0.808. The Morgan fingerprint density at radius 1 is 1.18 bits per heavy atom. The zero-order valence-corrected chi connectivity index (χ0v) is 12.9. The van der Waals surface area contributed by atoms with E-state index >= 15 is 0 Å². The molecule has 2 aromatic rings. The maximum atomic E-state index is 11.8. The van der Waals surface area contributed by atoms with E-state index in [2.05, 4.69) is 0 Å². The van der Waals surface area contributed by atoms with Crippen molar-refractivity contribution < 1.29 is 19.0 Å². The molecule has 3 rings (SSSR count). The average molecular weight is 300 g/mol. The van der Waals surface area contributed by atoms with E-state index in [4.69, 9.17) is 14.2 Å². The summed E-state index contributed by atoms with van der Waals surface area (Å²) < 4.78 is 16.3. The standard InChI is InChI=1S/C18H20O4/c1-12-9-13-6-7-15(22-17-5-3-4-8-21-17)10-14(13)11-16(12)18(19)20-2/h6-7,9-11,17H,3-5,8H2,1-2H3. The Hall–Kier alpha value is -2.07. The zero-order valence-electron chi connectivity index (χ0n) is 12.9. The largest absolute Gasteiger partial charge is 0.465 e. The first-order valence-corrected chi connectivity index (χ1v) is 7.58. The van der Waals surface area contributed by atoms with E-state index in [9.17, 15) is 4.79 Å². The predicted molar refractivity (Wildman–Crippen MR) is 84.2 cm³/mol. The Morgan fingerprint density at radius 2 is 2.05 bits per heavy atom. The molecule has 0 radical (unpaired) electrons. The van der Waals surface area contributed by atoms with Crippen LogP contribution in [0.2, 0.25) is 0 Å². The second-order valence-electron chi connectivity index (χ2n) is 5.58. The van der Waals surface area contributed by atoms with Crippen LogP contribution in [0, 0.1) is 6.92 Å². The Morgan fingerprint density at radius 3 is 2.77 bits per heavy atom. The molecule has 4 nitrogen and oxygen atoms in total. The third-order valence-corrected chi connectivity index (χ3v) is 3.97. The van der Waals surface area contributed by atoms with Crippen molar-refractivity contribution in [3.05, 3.63) is 41.5 Å². The molecule has 22 heavy (non-hydrogen) atoms. The first-order chi connectivity index (χ1) is 10.7. The molecule has 1 unspecified atom stereocenters. The number of ether oxygens (including phenoxy) is 3. The Bertz CT molecular complexity index is 687. The number of hydrogen-bond acceptors (Lipinski definition) is 4. The molecule has 4 heteroatoms. The number of methoxy groups -OCH3 is 1. The fourth-order valence-electron chi connectivity index (χ4n) is 2.75. The predicted octanol–water partition coefficient (Wildman–Crippen LogP) is 3.84. The summed E-state index contributed by atoms with van der Waals surface area (Å²) in [6.07, 6.45) is 2.97. The SMILES string of the molecule is COC(=O)c1cc2cc(OC3CCCCO3)ccc2cc1C. The fourth-order valence-corrected chi connectivity index (χ4v) is 2.75. The van der Waals surface area contributed by atoms with Crippen LogP contribution in [0.4, 0.5) is 0 Å². The minimum atomic E-state index is -0.318. The molecule has 0 saturated carbocycles. The Labute approximate surface area is 130 Å². The number of hydrogen-bond donors (Lipinski definition) is 0. The van der Waals surface area contributed by atoms with Gasteiger partial charge in [0.1, 0.15) is 5.75 Å². The summed E-state index contributed by atoms with van der Waals surface area (Å²) in [7, 11) is 1.39. The maximum absolute atomic E-state index is 11.8. The van der Waals surface area contributed by atoms with Crippen molar-refractivity contribution in [2.24, 2.45) is 0 Å². The summed E-state index contributed by atoms with van der Waals surface area (Å²) in [5.74, 6) is 0.445. The molecule has 0 amide bonds. The second-order valence-corrected chi connectivity index (χ2v) is 5.58. The van der Waals surface area contributed by atoms with E-state index in [0.717, 1.165) is 48.0 Å². The van der Waals surface area contributed by atoms with Gasteiger partial charge in [-0.2, -0.15) is 0 Å². The fraction of sp³-hybridized carbons (Fsp3) is 0.389. The Kier molecular flexibility index (Phi) is 4.29. The molecule has 0 N–H and O–H groups in total. The number of aryl methyl sites for hydroxylation is 1. The number of rotatable bonds is 3. The lowest BCUT2D eigenvalue weighted by Crippen LogP contribution is -2.24. The van der Waals surface area contributed by atoms with Gasteiger partial charge in [-0.15, -0.1) is 0 Å². The first kappa shape index (κ1) is 14.9. The van der Waals surface area contributed by atoms with Gasteiger partial charge in [-0.05, 0) is 54.3 Å². The number of benzene rings is 2. The Balaban J connectivity index is 1.90. The van der Waals surface area contributed by atoms with Gasteiger partial charge in [-0.25, -0.2) is 4.79 Å². The summed E-state index contributed by atoms with van der Waals surface area (Å²) >= 11 is 0. The van der Waals surface area contributed by atoms with Crippen molar-refractivity contribution in [1.29, 1.82) is 0 Å². The number of esters is 1. The number of carbonyl (C=O) groups is 1. The molecule has 1 atom stereocenters. The summed E-state index contributed by atoms with van der Waals surface area (Å²) in [5.41, 5.74) is 1.49. The number of fused-ring (bicyclic) bond motifs is 1. The van der Waals surface area contributed by atoms with Crippen molar-refractivity contribution in [3.63, 3.8) is 0 Å². The third kappa shape index (κ3) is 3.07. The topological polar surface area (TPSA) is 44.8 Å². The second kappa shape index (κ2) is 6.36. The van der Waals surface area contributed by atoms with Crippen molar-refractivity contribution >= 4 is 16.7 Å². The van der Waals surface area contributed by atoms with E-state index in [1.165, 1.54) is 7.11 Å². The zero-order chi connectivity index (χ0) is 15.5. The van der Waals surface area contributed by atoms with Gasteiger partial charge < -0.3 is 14.2 Å². The average Bonchev–Trinajstić information content (AvgIpc) is 2.55. The van der Waals surface area contributed by atoms with E-state index in [-0.39, 0.29) is 12.3 Å². The maximum Gasteiger partial charge on any atom is 0.338 e. The minimum Gasteiger partial charge on any atom is -0.465 e. The molecule has 1 aliphatic heterocycles. The van der Waals surface area contributed by atoms with Crippen molar-refractivity contribution in [3.8, 4) is 5.75 Å². The van der Waals surface area contributed by atoms with Gasteiger partial charge in [-0.3, -0.25) is 0 Å². The molecular weight excluding hydrogens is 280 g/mol. The van der Waals surface area contributed by atoms with Gasteiger partial charge in [0, 0.05) is 6.42 Å². The first-order valence-electron chi connectivity index (χ1n) is 7.58. The monoisotopic (exact) mass is 300 g/mol. The molecule has 0 aromatic heterocycles. The smallest absolute Gasteiger partial charge is 0.338 e. The van der Waals surface area contributed by atoms with Crippen LogP contribution in [0.15, 0.2) is 30.3 Å². The van der Waals surface area contributed by atoms with Crippen LogP contribution in [-0.4, -0.2) is 26.0 Å². The highest BCUT2D eigenvalue weighted by molar-refractivity contribution is 5.97. The van der Waals surface area contributed by atoms with Crippen LogP contribution >= 0.6 is 0 Å². The van der Waals surface area contributed by atoms with E-state index in [1.807, 2.05) is 37.3 Å². The normalized spacial score (nSPS) is 18.2. The molecule has 1 heterocycles. The van der Waals surface area contributed by atoms with Gasteiger partial charge >= 0.3 is 5.97 Å². The molecule has 0 bridgehead atoms. The van der Waals surface area contributed by atoms with Crippen LogP contribution in [0.1, 0.15) is 35.2 Å². The van der Waals surface area contributed by atoms with E-state index in [0.29, 0.717) is 5.56 Å². The highest BCUT2D eigenvalue weighted by Crippen LogP contribution is 2.26. The van der Waals surface area contributed by atoms with Crippen LogP contribution in [0.25, 0.3) is 10.8 Å². The molecular formula is C18H20O4. The summed E-state index contributed by atoms with van der Waals surface area (Å²) in [4.78, 5) is 11.8. The van der Waals surface area contributed by atoms with Crippen LogP contribution < -0.4 is 4.74 Å². The van der Waals surface area contributed by atoms with Crippen LogP contribution in [0.3, 0.4) is 0 Å². The van der Waals surface area contributed by atoms with Crippen molar-refractivity contribution in [2.75, 3.05) is 13.7 Å². The lowest BCUT2D eigenvalue weighted by Gasteiger charge is -2.23. The summed E-state index contributed by atoms with van der Waals surface area (Å²) in [5, 5.41) is 2.03. The highest BCUT2D eigenvalue weighted by atomic mass is 16.7. The molecule has 1 aliphatic rings. The third-order valence-electron chi connectivity index (χ3n) is 3.97. The summed E-state index contributed by atoms with van der Waals surface area (Å²) in [6.45, 7) is 2.66. The molecule has 0 aliphatic carbocycles. The van der Waals surface area contributed by atoms with Crippen LogP contribution in [-0.2, 0) is 9.47 Å². The molecule has 0 spiro atoms.